The Morgan fingerprint density at radius 2 is 0.822 bits per heavy atom. The van der Waals surface area contributed by atoms with E-state index in [4.69, 9.17) is 0 Å². The summed E-state index contributed by atoms with van der Waals surface area (Å²) in [6, 6.07) is 49.7. The molecule has 0 saturated heterocycles. The Morgan fingerprint density at radius 3 is 1.29 bits per heavy atom. The smallest absolute Gasteiger partial charge is 0.0998 e. The van der Waals surface area contributed by atoms with Gasteiger partial charge in [0.05, 0.1) is 57.6 Å². The lowest BCUT2D eigenvalue weighted by atomic mass is 9.88. The SMILES string of the molecule is N#Cc1cccc(C#N)c1-c1cccc2c1c1c(-c3c(C#N)cccc3C#N)cccc1n2-c1cccc(-c2ccccc2)c1. The minimum Gasteiger partial charge on any atom is -0.309 e. The third-order valence-electron chi connectivity index (χ3n) is 8.18. The molecule has 0 N–H and O–H groups in total. The van der Waals surface area contributed by atoms with Gasteiger partial charge in [-0.05, 0) is 70.8 Å². The van der Waals surface area contributed by atoms with Crippen molar-refractivity contribution in [2.24, 2.45) is 0 Å². The monoisotopic (exact) mass is 571 g/mol. The number of rotatable bonds is 4. The van der Waals surface area contributed by atoms with Gasteiger partial charge in [0.2, 0.25) is 0 Å². The maximum atomic E-state index is 10.1. The molecule has 0 bridgehead atoms. The molecule has 0 aliphatic rings. The number of aromatic nitrogens is 1. The first kappa shape index (κ1) is 26.9. The first-order chi connectivity index (χ1) is 22.2. The van der Waals surface area contributed by atoms with E-state index in [2.05, 4.69) is 59.2 Å². The van der Waals surface area contributed by atoms with Crippen molar-refractivity contribution in [3.05, 3.63) is 150 Å². The van der Waals surface area contributed by atoms with Crippen LogP contribution in [0.5, 0.6) is 0 Å². The Bertz CT molecular complexity index is 2280. The molecule has 0 aliphatic carbocycles. The molecule has 0 fully saturated rings. The average molecular weight is 572 g/mol. The van der Waals surface area contributed by atoms with E-state index in [1.54, 1.807) is 36.4 Å². The fourth-order valence-electron chi connectivity index (χ4n) is 6.32. The molecule has 6 aromatic carbocycles. The molecule has 0 spiro atoms. The van der Waals surface area contributed by atoms with E-state index in [1.807, 2.05) is 60.7 Å². The van der Waals surface area contributed by atoms with Crippen molar-refractivity contribution in [2.45, 2.75) is 0 Å². The van der Waals surface area contributed by atoms with Gasteiger partial charge in [-0.1, -0.05) is 78.9 Å². The second-order valence-electron chi connectivity index (χ2n) is 10.6. The Hall–Kier alpha value is -6.92. The van der Waals surface area contributed by atoms with E-state index >= 15 is 0 Å². The van der Waals surface area contributed by atoms with Crippen LogP contribution in [0.1, 0.15) is 22.3 Å². The summed E-state index contributed by atoms with van der Waals surface area (Å²) in [6.07, 6.45) is 0. The quantitative estimate of drug-likeness (QED) is 0.210. The van der Waals surface area contributed by atoms with Crippen molar-refractivity contribution >= 4 is 21.8 Å². The van der Waals surface area contributed by atoms with Gasteiger partial charge in [0.25, 0.3) is 0 Å². The Morgan fingerprint density at radius 1 is 0.400 bits per heavy atom. The number of benzene rings is 6. The lowest BCUT2D eigenvalue weighted by Crippen LogP contribution is -1.95. The molecular formula is C40H21N5. The molecule has 1 heterocycles. The molecule has 1 aromatic heterocycles. The molecule has 0 atom stereocenters. The van der Waals surface area contributed by atoms with Gasteiger partial charge in [-0.25, -0.2) is 0 Å². The predicted octanol–water partition coefficient (Wildman–Crippen LogP) is 9.27. The summed E-state index contributed by atoms with van der Waals surface area (Å²) in [4.78, 5) is 0. The summed E-state index contributed by atoms with van der Waals surface area (Å²) >= 11 is 0. The second-order valence-corrected chi connectivity index (χ2v) is 10.6. The Kier molecular flexibility index (Phi) is 6.62. The molecular weight excluding hydrogens is 550 g/mol. The van der Waals surface area contributed by atoms with E-state index in [9.17, 15) is 21.0 Å². The zero-order chi connectivity index (χ0) is 30.9. The van der Waals surface area contributed by atoms with E-state index < -0.39 is 0 Å². The van der Waals surface area contributed by atoms with Crippen LogP contribution in [0.2, 0.25) is 0 Å². The summed E-state index contributed by atoms with van der Waals surface area (Å²) in [6.45, 7) is 0. The summed E-state index contributed by atoms with van der Waals surface area (Å²) in [5, 5.41) is 42.2. The molecule has 45 heavy (non-hydrogen) atoms. The molecule has 5 nitrogen and oxygen atoms in total. The zero-order valence-electron chi connectivity index (χ0n) is 23.9. The molecule has 206 valence electrons. The van der Waals surface area contributed by atoms with Crippen molar-refractivity contribution in [3.8, 4) is 63.3 Å². The molecule has 0 radical (unpaired) electrons. The number of hydrogen-bond acceptors (Lipinski definition) is 4. The summed E-state index contributed by atoms with van der Waals surface area (Å²) in [5.74, 6) is 0. The molecule has 0 aliphatic heterocycles. The standard InChI is InChI=1S/C40H21N5/c41-22-28-12-4-13-29(23-42)37(28)33-17-7-19-35-39(33)40-34(38-30(24-43)14-5-15-31(38)25-44)18-8-20-36(40)45(35)32-16-6-11-27(21-32)26-9-2-1-3-10-26/h1-21H. The maximum absolute atomic E-state index is 10.1. The van der Waals surface area contributed by atoms with Gasteiger partial charge in [-0.15, -0.1) is 0 Å². The van der Waals surface area contributed by atoms with Gasteiger partial charge in [-0.2, -0.15) is 21.0 Å². The van der Waals surface area contributed by atoms with Crippen LogP contribution in [0.4, 0.5) is 0 Å². The number of nitrogens with zero attached hydrogens (tertiary/aromatic N) is 5. The van der Waals surface area contributed by atoms with E-state index in [1.165, 1.54) is 0 Å². The van der Waals surface area contributed by atoms with Gasteiger partial charge < -0.3 is 4.57 Å². The van der Waals surface area contributed by atoms with Crippen LogP contribution in [0.3, 0.4) is 0 Å². The first-order valence-electron chi connectivity index (χ1n) is 14.3. The van der Waals surface area contributed by atoms with Gasteiger partial charge in [-0.3, -0.25) is 0 Å². The molecule has 0 amide bonds. The first-order valence-corrected chi connectivity index (χ1v) is 14.3. The summed E-state index contributed by atoms with van der Waals surface area (Å²) in [5.41, 5.74) is 8.91. The molecule has 0 saturated carbocycles. The van der Waals surface area contributed by atoms with Crippen LogP contribution in [0, 0.1) is 45.3 Å². The fraction of sp³-hybridized carbons (Fsp3) is 0. The van der Waals surface area contributed by atoms with Crippen LogP contribution in [0.25, 0.3) is 60.9 Å². The van der Waals surface area contributed by atoms with Crippen molar-refractivity contribution in [2.75, 3.05) is 0 Å². The van der Waals surface area contributed by atoms with Gasteiger partial charge in [0.15, 0.2) is 0 Å². The zero-order valence-corrected chi connectivity index (χ0v) is 23.9. The molecule has 7 aromatic rings. The third kappa shape index (κ3) is 4.29. The van der Waals surface area contributed by atoms with Gasteiger partial charge in [0, 0.05) is 27.6 Å². The highest BCUT2D eigenvalue weighted by Crippen LogP contribution is 2.45. The van der Waals surface area contributed by atoms with Gasteiger partial charge >= 0.3 is 0 Å². The highest BCUT2D eigenvalue weighted by atomic mass is 15.0. The minimum absolute atomic E-state index is 0.390. The topological polar surface area (TPSA) is 100 Å². The number of fused-ring (bicyclic) bond motifs is 3. The van der Waals surface area contributed by atoms with E-state index in [0.717, 1.165) is 49.7 Å². The second kappa shape index (κ2) is 11.1. The number of hydrogen-bond donors (Lipinski definition) is 0. The van der Waals surface area contributed by atoms with Gasteiger partial charge in [0.1, 0.15) is 0 Å². The minimum atomic E-state index is 0.390. The Labute approximate surface area is 259 Å². The summed E-state index contributed by atoms with van der Waals surface area (Å²) in [7, 11) is 0. The van der Waals surface area contributed by atoms with Crippen LogP contribution in [-0.2, 0) is 0 Å². The largest absolute Gasteiger partial charge is 0.309 e. The predicted molar refractivity (Wildman–Crippen MR) is 176 cm³/mol. The van der Waals surface area contributed by atoms with Crippen LogP contribution in [-0.4, -0.2) is 4.57 Å². The average Bonchev–Trinajstić information content (AvgIpc) is 3.46. The normalized spacial score (nSPS) is 10.6. The van der Waals surface area contributed by atoms with Crippen LogP contribution < -0.4 is 0 Å². The lowest BCUT2D eigenvalue weighted by molar-refractivity contribution is 1.18. The maximum Gasteiger partial charge on any atom is 0.0998 e. The fourth-order valence-corrected chi connectivity index (χ4v) is 6.32. The van der Waals surface area contributed by atoms with Crippen LogP contribution in [0.15, 0.2) is 127 Å². The Balaban J connectivity index is 1.69. The number of nitriles is 4. The van der Waals surface area contributed by atoms with Crippen LogP contribution >= 0.6 is 0 Å². The highest BCUT2D eigenvalue weighted by Gasteiger charge is 2.24. The van der Waals surface area contributed by atoms with E-state index in [0.29, 0.717) is 33.4 Å². The third-order valence-corrected chi connectivity index (χ3v) is 8.18. The van der Waals surface area contributed by atoms with Crippen molar-refractivity contribution in [3.63, 3.8) is 0 Å². The van der Waals surface area contributed by atoms with Crippen molar-refractivity contribution in [1.82, 2.24) is 4.57 Å². The molecule has 7 rings (SSSR count). The lowest BCUT2D eigenvalue weighted by Gasteiger charge is -2.12. The van der Waals surface area contributed by atoms with E-state index in [-0.39, 0.29) is 0 Å². The van der Waals surface area contributed by atoms with Crippen molar-refractivity contribution in [1.29, 1.82) is 21.0 Å². The highest BCUT2D eigenvalue weighted by molar-refractivity contribution is 6.21. The van der Waals surface area contributed by atoms with Crippen molar-refractivity contribution < 1.29 is 0 Å². The summed E-state index contributed by atoms with van der Waals surface area (Å²) < 4.78 is 2.17. The molecule has 0 unspecified atom stereocenters. The molecule has 5 heteroatoms.